The molecule has 0 atom stereocenters. The number of thiophene rings is 1. The number of hydrogen-bond acceptors (Lipinski definition) is 6. The highest BCUT2D eigenvalue weighted by atomic mass is 32.1. The number of fused-ring (bicyclic) bond motifs is 1. The molecule has 3 heterocycles. The van der Waals surface area contributed by atoms with Crippen molar-refractivity contribution in [3.05, 3.63) is 63.5 Å². The van der Waals surface area contributed by atoms with E-state index in [1.54, 1.807) is 24.3 Å². The molecule has 0 bridgehead atoms. The van der Waals surface area contributed by atoms with Crippen molar-refractivity contribution in [3.8, 4) is 10.8 Å². The summed E-state index contributed by atoms with van der Waals surface area (Å²) in [5, 5.41) is 6.07. The lowest BCUT2D eigenvalue weighted by Gasteiger charge is -2.13. The van der Waals surface area contributed by atoms with Crippen molar-refractivity contribution in [1.29, 1.82) is 0 Å². The van der Waals surface area contributed by atoms with Crippen LogP contribution in [0.4, 0.5) is 0 Å². The fourth-order valence-electron chi connectivity index (χ4n) is 2.92. The maximum absolute atomic E-state index is 12.3. The molecule has 0 unspecified atom stereocenters. The third-order valence-electron chi connectivity index (χ3n) is 4.22. The van der Waals surface area contributed by atoms with Gasteiger partial charge in [-0.25, -0.2) is 4.79 Å². The van der Waals surface area contributed by atoms with Crippen LogP contribution in [-0.2, 0) is 6.54 Å². The van der Waals surface area contributed by atoms with Crippen LogP contribution in [0.5, 0.6) is 0 Å². The van der Waals surface area contributed by atoms with E-state index >= 15 is 0 Å². The Morgan fingerprint density at radius 3 is 2.27 bits per heavy atom. The van der Waals surface area contributed by atoms with Crippen LogP contribution >= 0.6 is 11.3 Å². The summed E-state index contributed by atoms with van der Waals surface area (Å²) in [5.41, 5.74) is 0.900. The van der Waals surface area contributed by atoms with Gasteiger partial charge in [0.15, 0.2) is 0 Å². The van der Waals surface area contributed by atoms with Crippen LogP contribution in [0.25, 0.3) is 10.8 Å². The van der Waals surface area contributed by atoms with Gasteiger partial charge in [-0.05, 0) is 36.4 Å². The summed E-state index contributed by atoms with van der Waals surface area (Å²) in [5.74, 6) is -0.715. The molecular weight excluding hydrogens is 354 g/mol. The van der Waals surface area contributed by atoms with Gasteiger partial charge < -0.3 is 4.42 Å². The number of rotatable bonds is 6. The largest absolute Gasteiger partial charge is 0.437 e. The number of carbonyl (C=O) groups is 2. The molecule has 4 rings (SSSR count). The van der Waals surface area contributed by atoms with Gasteiger partial charge in [-0.1, -0.05) is 18.2 Å². The lowest BCUT2D eigenvalue weighted by molar-refractivity contribution is 0.0651. The molecule has 1 aliphatic rings. The highest BCUT2D eigenvalue weighted by Crippen LogP contribution is 2.23. The van der Waals surface area contributed by atoms with E-state index in [0.29, 0.717) is 42.9 Å². The third kappa shape index (κ3) is 2.88. The SMILES string of the molecule is O=C1c2ccccc2C(=O)N1CCCCn1nc(-c2cccs2)oc1=O. The smallest absolute Gasteiger partial charge is 0.387 e. The zero-order valence-corrected chi connectivity index (χ0v) is 14.6. The minimum Gasteiger partial charge on any atom is -0.387 e. The number of amides is 2. The average Bonchev–Trinajstić information content (AvgIpc) is 3.35. The van der Waals surface area contributed by atoms with E-state index in [2.05, 4.69) is 5.10 Å². The summed E-state index contributed by atoms with van der Waals surface area (Å²) >= 11 is 1.45. The molecule has 0 saturated heterocycles. The van der Waals surface area contributed by atoms with E-state index in [9.17, 15) is 14.4 Å². The second-order valence-electron chi connectivity index (χ2n) is 5.89. The number of carbonyl (C=O) groups excluding carboxylic acids is 2. The summed E-state index contributed by atoms with van der Waals surface area (Å²) in [6.45, 7) is 0.688. The van der Waals surface area contributed by atoms with Crippen LogP contribution in [0.2, 0.25) is 0 Å². The van der Waals surface area contributed by atoms with Gasteiger partial charge in [0.05, 0.1) is 16.0 Å². The van der Waals surface area contributed by atoms with Crippen molar-refractivity contribution in [2.45, 2.75) is 19.4 Å². The van der Waals surface area contributed by atoms with Gasteiger partial charge >= 0.3 is 5.76 Å². The van der Waals surface area contributed by atoms with E-state index in [1.165, 1.54) is 20.9 Å². The number of hydrogen-bond donors (Lipinski definition) is 0. The quantitative estimate of drug-likeness (QED) is 0.492. The minimum atomic E-state index is -0.505. The molecular formula is C18H15N3O4S. The van der Waals surface area contributed by atoms with E-state index in [-0.39, 0.29) is 11.8 Å². The molecule has 26 heavy (non-hydrogen) atoms. The monoisotopic (exact) mass is 369 g/mol. The maximum atomic E-state index is 12.3. The third-order valence-corrected chi connectivity index (χ3v) is 5.08. The van der Waals surface area contributed by atoms with Crippen LogP contribution in [0.15, 0.2) is 51.0 Å². The van der Waals surface area contributed by atoms with E-state index < -0.39 is 5.76 Å². The lowest BCUT2D eigenvalue weighted by atomic mass is 10.1. The normalized spacial score (nSPS) is 13.5. The van der Waals surface area contributed by atoms with Gasteiger partial charge in [0.25, 0.3) is 17.7 Å². The Morgan fingerprint density at radius 2 is 1.62 bits per heavy atom. The summed E-state index contributed by atoms with van der Waals surface area (Å²) < 4.78 is 6.43. The Balaban J connectivity index is 1.35. The number of benzene rings is 1. The van der Waals surface area contributed by atoms with Crippen molar-refractivity contribution in [2.75, 3.05) is 6.54 Å². The van der Waals surface area contributed by atoms with Crippen LogP contribution < -0.4 is 5.76 Å². The van der Waals surface area contributed by atoms with Crippen LogP contribution in [0, 0.1) is 0 Å². The summed E-state index contributed by atoms with van der Waals surface area (Å²) in [7, 11) is 0. The second kappa shape index (κ2) is 6.72. The molecule has 0 spiro atoms. The Kier molecular flexibility index (Phi) is 4.26. The number of nitrogens with zero attached hydrogens (tertiary/aromatic N) is 3. The summed E-state index contributed by atoms with van der Waals surface area (Å²) in [4.78, 5) is 38.5. The number of aromatic nitrogens is 2. The first-order valence-electron chi connectivity index (χ1n) is 8.22. The summed E-state index contributed by atoms with van der Waals surface area (Å²) in [6, 6.07) is 10.5. The van der Waals surface area contributed by atoms with Crippen LogP contribution in [0.1, 0.15) is 33.6 Å². The Morgan fingerprint density at radius 1 is 0.923 bits per heavy atom. The molecule has 3 aromatic rings. The van der Waals surface area contributed by atoms with E-state index in [0.717, 1.165) is 4.88 Å². The number of unbranched alkanes of at least 4 members (excludes halogenated alkanes) is 1. The van der Waals surface area contributed by atoms with Crippen LogP contribution in [0.3, 0.4) is 0 Å². The molecule has 8 heteroatoms. The molecule has 0 fully saturated rings. The Hall–Kier alpha value is -3.00. The highest BCUT2D eigenvalue weighted by Gasteiger charge is 2.34. The first kappa shape index (κ1) is 16.5. The fourth-order valence-corrected chi connectivity index (χ4v) is 3.57. The lowest BCUT2D eigenvalue weighted by Crippen LogP contribution is -2.31. The van der Waals surface area contributed by atoms with Gasteiger partial charge in [-0.2, -0.15) is 4.68 Å². The van der Waals surface area contributed by atoms with Gasteiger partial charge in [0, 0.05) is 13.1 Å². The van der Waals surface area contributed by atoms with Crippen molar-refractivity contribution in [1.82, 2.24) is 14.7 Å². The van der Waals surface area contributed by atoms with E-state index in [4.69, 9.17) is 4.42 Å². The molecule has 0 N–H and O–H groups in total. The van der Waals surface area contributed by atoms with Gasteiger partial charge in [-0.15, -0.1) is 16.4 Å². The molecule has 7 nitrogen and oxygen atoms in total. The topological polar surface area (TPSA) is 85.4 Å². The highest BCUT2D eigenvalue weighted by molar-refractivity contribution is 7.13. The number of aryl methyl sites for hydroxylation is 1. The molecule has 0 saturated carbocycles. The minimum absolute atomic E-state index is 0.260. The average molecular weight is 369 g/mol. The zero-order valence-electron chi connectivity index (χ0n) is 13.8. The molecule has 2 aromatic heterocycles. The van der Waals surface area contributed by atoms with Crippen molar-refractivity contribution < 1.29 is 14.0 Å². The van der Waals surface area contributed by atoms with Gasteiger partial charge in [-0.3, -0.25) is 14.5 Å². The van der Waals surface area contributed by atoms with Crippen molar-refractivity contribution in [2.24, 2.45) is 0 Å². The molecule has 2 amide bonds. The predicted molar refractivity (Wildman–Crippen MR) is 95.1 cm³/mol. The van der Waals surface area contributed by atoms with Crippen LogP contribution in [-0.4, -0.2) is 33.0 Å². The molecule has 1 aromatic carbocycles. The fraction of sp³-hybridized carbons (Fsp3) is 0.222. The standard InChI is InChI=1S/C18H15N3O4S/c22-16-12-6-1-2-7-13(12)17(23)20(16)9-3-4-10-21-18(24)25-15(19-21)14-8-5-11-26-14/h1-2,5-8,11H,3-4,9-10H2. The molecule has 132 valence electrons. The number of imide groups is 1. The molecule has 0 radical (unpaired) electrons. The Bertz CT molecular complexity index is 984. The molecule has 1 aliphatic heterocycles. The van der Waals surface area contributed by atoms with Gasteiger partial charge in [0.2, 0.25) is 0 Å². The van der Waals surface area contributed by atoms with Crippen molar-refractivity contribution in [3.63, 3.8) is 0 Å². The Labute approximate surface area is 152 Å². The molecule has 0 aliphatic carbocycles. The zero-order chi connectivity index (χ0) is 18.1. The van der Waals surface area contributed by atoms with Gasteiger partial charge in [0.1, 0.15) is 0 Å². The summed E-state index contributed by atoms with van der Waals surface area (Å²) in [6.07, 6.45) is 1.18. The first-order chi connectivity index (χ1) is 12.6. The predicted octanol–water partition coefficient (Wildman–Crippen LogP) is 2.64. The first-order valence-corrected chi connectivity index (χ1v) is 9.10. The van der Waals surface area contributed by atoms with E-state index in [1.807, 2.05) is 17.5 Å². The van der Waals surface area contributed by atoms with Crippen molar-refractivity contribution >= 4 is 23.2 Å². The second-order valence-corrected chi connectivity index (χ2v) is 6.84. The maximum Gasteiger partial charge on any atom is 0.437 e.